The van der Waals surface area contributed by atoms with Crippen LogP contribution in [0.1, 0.15) is 39.7 Å². The molecule has 0 heterocycles. The molecule has 0 amide bonds. The third-order valence-corrected chi connectivity index (χ3v) is 14.1. The van der Waals surface area contributed by atoms with Crippen molar-refractivity contribution in [3.63, 3.8) is 0 Å². The molecule has 1 saturated carbocycles. The number of hydrogen-bond donors (Lipinski definition) is 0. The lowest BCUT2D eigenvalue weighted by atomic mass is 9.51. The van der Waals surface area contributed by atoms with Crippen LogP contribution in [0.5, 0.6) is 0 Å². The van der Waals surface area contributed by atoms with Gasteiger partial charge >= 0.3 is 0 Å². The predicted molar refractivity (Wildman–Crippen MR) is 164 cm³/mol. The first-order valence-electron chi connectivity index (χ1n) is 15.4. The molecular weight excluding hydrogens is 480 g/mol. The van der Waals surface area contributed by atoms with Crippen LogP contribution in [0.25, 0.3) is 116 Å². The van der Waals surface area contributed by atoms with E-state index in [0.717, 1.165) is 6.42 Å². The van der Waals surface area contributed by atoms with Gasteiger partial charge in [-0.3, -0.25) is 0 Å². The zero-order chi connectivity index (χ0) is 24.1. The van der Waals surface area contributed by atoms with Crippen molar-refractivity contribution in [1.82, 2.24) is 0 Å². The average Bonchev–Trinajstić information content (AvgIpc) is 3.69. The first-order valence-corrected chi connectivity index (χ1v) is 15.4. The summed E-state index contributed by atoms with van der Waals surface area (Å²) in [5.41, 5.74) is 11.9. The van der Waals surface area contributed by atoms with E-state index in [1.165, 1.54) is 10.6 Å². The van der Waals surface area contributed by atoms with Gasteiger partial charge in [-0.2, -0.15) is 0 Å². The number of allylic oxidation sites excluding steroid dienone is 2. The van der Waals surface area contributed by atoms with Crippen molar-refractivity contribution in [2.24, 2.45) is 17.8 Å². The van der Waals surface area contributed by atoms with Crippen molar-refractivity contribution in [3.05, 3.63) is 73.0 Å². The molecule has 17 rings (SSSR count). The highest BCUT2D eigenvalue weighted by molar-refractivity contribution is 6.55. The maximum Gasteiger partial charge on any atom is 0.0212 e. The first-order chi connectivity index (χ1) is 19.9. The van der Waals surface area contributed by atoms with E-state index in [9.17, 15) is 0 Å². The van der Waals surface area contributed by atoms with Gasteiger partial charge in [-0.05, 0) is 170 Å². The molecule has 8 aliphatic carbocycles. The van der Waals surface area contributed by atoms with E-state index in [-0.39, 0.29) is 0 Å². The molecule has 0 aromatic heterocycles. The van der Waals surface area contributed by atoms with Gasteiger partial charge in [0.05, 0.1) is 0 Å². The lowest BCUT2D eigenvalue weighted by Gasteiger charge is -2.51. The molecule has 0 saturated heterocycles. The summed E-state index contributed by atoms with van der Waals surface area (Å²) in [5, 5.41) is 32.7. The van der Waals surface area contributed by atoms with Gasteiger partial charge in [0.1, 0.15) is 0 Å². The van der Waals surface area contributed by atoms with Gasteiger partial charge in [0.15, 0.2) is 0 Å². The van der Waals surface area contributed by atoms with Crippen LogP contribution in [-0.2, 0) is 6.42 Å². The largest absolute Gasteiger partial charge is 0.0725 e. The summed E-state index contributed by atoms with van der Waals surface area (Å²) in [4.78, 5) is 0. The maximum atomic E-state index is 2.73. The molecule has 8 aliphatic rings. The van der Waals surface area contributed by atoms with Crippen LogP contribution in [0.2, 0.25) is 0 Å². The Labute approximate surface area is 224 Å². The van der Waals surface area contributed by atoms with Crippen molar-refractivity contribution >= 4 is 116 Å². The normalized spacial score (nSPS) is 29.4. The van der Waals surface area contributed by atoms with Crippen molar-refractivity contribution < 1.29 is 0 Å². The third kappa shape index (κ3) is 1.01. The molecule has 9 aromatic carbocycles. The maximum absolute atomic E-state index is 2.73. The van der Waals surface area contributed by atoms with E-state index < -0.39 is 0 Å². The molecule has 0 bridgehead atoms. The highest BCUT2D eigenvalue weighted by Crippen LogP contribution is 2.69. The summed E-state index contributed by atoms with van der Waals surface area (Å²) in [5.74, 6) is 2.83. The Kier molecular flexibility index (Phi) is 1.57. The second kappa shape index (κ2) is 3.93. The molecule has 9 aromatic rings. The SMILES string of the molecule is C1=C2Cc3cc4c5c6c7c8c9c%10c(c%11cc%12cc%13c%14c%15c%12c(c%11%10)c8c%15c8c(c2c3c5c87)C%14C1C=%13)=CC1C(C=4)C=6C91. The quantitative estimate of drug-likeness (QED) is 0.179. The minimum absolute atomic E-state index is 0.503. The van der Waals surface area contributed by atoms with Crippen molar-refractivity contribution in [2.45, 2.75) is 18.3 Å². The molecule has 0 N–H and O–H groups in total. The Morgan fingerprint density at radius 1 is 0.550 bits per heavy atom. The van der Waals surface area contributed by atoms with E-state index in [1.807, 2.05) is 0 Å². The summed E-state index contributed by atoms with van der Waals surface area (Å²) in [6.45, 7) is 0. The molecule has 1 fully saturated rings. The van der Waals surface area contributed by atoms with Crippen LogP contribution in [0.3, 0.4) is 0 Å². The van der Waals surface area contributed by atoms with Crippen LogP contribution in [0, 0.1) is 17.8 Å². The lowest BCUT2D eigenvalue weighted by molar-refractivity contribution is 0.451. The van der Waals surface area contributed by atoms with E-state index in [2.05, 4.69) is 42.5 Å². The fourth-order valence-corrected chi connectivity index (χ4v) is 13.4. The Bertz CT molecular complexity index is 3340. The second-order valence-electron chi connectivity index (χ2n) is 14.9. The summed E-state index contributed by atoms with van der Waals surface area (Å²) in [6.07, 6.45) is 11.9. The minimum atomic E-state index is 0.503. The van der Waals surface area contributed by atoms with Gasteiger partial charge in [-0.15, -0.1) is 0 Å². The number of benzene rings is 6. The first kappa shape index (κ1) is 16.0. The van der Waals surface area contributed by atoms with E-state index in [4.69, 9.17) is 0 Å². The van der Waals surface area contributed by atoms with Gasteiger partial charge in [0.2, 0.25) is 0 Å². The van der Waals surface area contributed by atoms with Crippen molar-refractivity contribution in [2.75, 3.05) is 0 Å². The Morgan fingerprint density at radius 2 is 1.40 bits per heavy atom. The number of fused-ring (bicyclic) bond motifs is 2. The molecule has 0 radical (unpaired) electrons. The average molecular weight is 495 g/mol. The Hall–Kier alpha value is -4.42. The number of rotatable bonds is 0. The topological polar surface area (TPSA) is 0 Å². The highest BCUT2D eigenvalue weighted by atomic mass is 14.6. The monoisotopic (exact) mass is 494 g/mol. The van der Waals surface area contributed by atoms with Gasteiger partial charge in [-0.1, -0.05) is 30.4 Å². The zero-order valence-electron chi connectivity index (χ0n) is 21.1. The van der Waals surface area contributed by atoms with Crippen LogP contribution >= 0.6 is 0 Å². The van der Waals surface area contributed by atoms with E-state index >= 15 is 0 Å². The third-order valence-electron chi connectivity index (χ3n) is 14.1. The van der Waals surface area contributed by atoms with Crippen molar-refractivity contribution in [1.29, 1.82) is 0 Å². The van der Waals surface area contributed by atoms with Gasteiger partial charge in [0.25, 0.3) is 0 Å². The molecule has 0 aliphatic heterocycles. The van der Waals surface area contributed by atoms with Crippen LogP contribution < -0.4 is 20.9 Å². The summed E-state index contributed by atoms with van der Waals surface area (Å²) in [6, 6.07) is 7.85. The smallest absolute Gasteiger partial charge is 0.0212 e. The predicted octanol–water partition coefficient (Wildman–Crippen LogP) is 5.99. The fraction of sp³-hybridized carbons (Fsp3) is 0.150. The lowest BCUT2D eigenvalue weighted by Crippen LogP contribution is -2.46. The standard InChI is InChI=1S/C40H14/c1-9-2-11-4-13-6-15-17-8-18-16-7-14-5-12-3-10(1)20-22(12)31-24(14)33-26(16)28(18)34-27(17)25(15)32-23(13)30-21(11)19(9)29(20)35-36(30)38(32)40(34)39(33)37(31)35/h1-2,4-9,16,18-19,28H,3H2. The number of hydrogen-bond acceptors (Lipinski definition) is 0. The van der Waals surface area contributed by atoms with Gasteiger partial charge in [0, 0.05) is 23.7 Å². The molecule has 0 spiro atoms. The second-order valence-corrected chi connectivity index (χ2v) is 14.9. The molecule has 0 nitrogen and oxygen atoms in total. The van der Waals surface area contributed by atoms with Crippen molar-refractivity contribution in [3.8, 4) is 0 Å². The molecule has 5 atom stereocenters. The highest BCUT2D eigenvalue weighted by Gasteiger charge is 2.54. The van der Waals surface area contributed by atoms with Crippen LogP contribution in [0.4, 0.5) is 0 Å². The van der Waals surface area contributed by atoms with Crippen LogP contribution in [-0.4, -0.2) is 0 Å². The van der Waals surface area contributed by atoms with Crippen LogP contribution in [0.15, 0.2) is 24.3 Å². The Balaban J connectivity index is 1.47. The molecule has 0 heteroatoms. The van der Waals surface area contributed by atoms with Gasteiger partial charge < -0.3 is 0 Å². The van der Waals surface area contributed by atoms with Gasteiger partial charge in [-0.25, -0.2) is 0 Å². The summed E-state index contributed by atoms with van der Waals surface area (Å²) in [7, 11) is 0. The van der Waals surface area contributed by atoms with E-state index in [0.29, 0.717) is 29.6 Å². The summed E-state index contributed by atoms with van der Waals surface area (Å²) < 4.78 is 0. The zero-order valence-corrected chi connectivity index (χ0v) is 21.1. The fourth-order valence-electron chi connectivity index (χ4n) is 13.4. The molecular formula is C40H14. The molecule has 174 valence electrons. The van der Waals surface area contributed by atoms with E-state index in [1.54, 1.807) is 135 Å². The molecule has 40 heavy (non-hydrogen) atoms. The molecule has 5 unspecified atom stereocenters. The minimum Gasteiger partial charge on any atom is -0.0725 e. The Morgan fingerprint density at radius 3 is 2.40 bits per heavy atom. The summed E-state index contributed by atoms with van der Waals surface area (Å²) >= 11 is 0.